The molecular formula is C17H27N3. The fourth-order valence-corrected chi connectivity index (χ4v) is 3.56. The van der Waals surface area contributed by atoms with E-state index in [1.54, 1.807) is 0 Å². The van der Waals surface area contributed by atoms with Crippen molar-refractivity contribution in [2.75, 3.05) is 31.1 Å². The molecule has 0 bridgehead atoms. The predicted octanol–water partition coefficient (Wildman–Crippen LogP) is 2.77. The highest BCUT2D eigenvalue weighted by Crippen LogP contribution is 2.26. The number of nitrogens with zero attached hydrogens (tertiary/aromatic N) is 2. The lowest BCUT2D eigenvalue weighted by Crippen LogP contribution is -2.54. The van der Waals surface area contributed by atoms with Crippen molar-refractivity contribution in [1.29, 1.82) is 0 Å². The number of anilines is 1. The summed E-state index contributed by atoms with van der Waals surface area (Å²) in [5, 5.41) is 0. The summed E-state index contributed by atoms with van der Waals surface area (Å²) in [5.74, 6) is 0. The zero-order valence-corrected chi connectivity index (χ0v) is 12.6. The van der Waals surface area contributed by atoms with Gasteiger partial charge in [0.25, 0.3) is 0 Å². The molecule has 110 valence electrons. The van der Waals surface area contributed by atoms with Gasteiger partial charge in [0.15, 0.2) is 0 Å². The Morgan fingerprint density at radius 3 is 2.70 bits per heavy atom. The normalized spacial score (nSPS) is 25.3. The summed E-state index contributed by atoms with van der Waals surface area (Å²) >= 11 is 0. The van der Waals surface area contributed by atoms with Crippen LogP contribution >= 0.6 is 0 Å². The minimum Gasteiger partial charge on any atom is -0.369 e. The lowest BCUT2D eigenvalue weighted by molar-refractivity contribution is 0.133. The van der Waals surface area contributed by atoms with Crippen LogP contribution in [0, 0.1) is 0 Å². The maximum absolute atomic E-state index is 6.09. The molecule has 0 radical (unpaired) electrons. The zero-order valence-electron chi connectivity index (χ0n) is 12.6. The van der Waals surface area contributed by atoms with Crippen LogP contribution < -0.4 is 10.6 Å². The largest absolute Gasteiger partial charge is 0.369 e. The highest BCUT2D eigenvalue weighted by atomic mass is 15.3. The minimum absolute atomic E-state index is 0.180. The van der Waals surface area contributed by atoms with Crippen LogP contribution in [-0.2, 0) is 0 Å². The van der Waals surface area contributed by atoms with Gasteiger partial charge in [-0.3, -0.25) is 4.90 Å². The molecular weight excluding hydrogens is 246 g/mol. The van der Waals surface area contributed by atoms with Crippen molar-refractivity contribution >= 4 is 5.69 Å². The molecule has 2 N–H and O–H groups in total. The van der Waals surface area contributed by atoms with E-state index in [4.69, 9.17) is 5.73 Å². The van der Waals surface area contributed by atoms with Gasteiger partial charge < -0.3 is 10.6 Å². The fourth-order valence-electron chi connectivity index (χ4n) is 3.56. The lowest BCUT2D eigenvalue weighted by atomic mass is 9.99. The molecule has 1 aromatic carbocycles. The molecule has 2 aliphatic rings. The van der Waals surface area contributed by atoms with E-state index in [0.29, 0.717) is 0 Å². The maximum atomic E-state index is 6.09. The number of rotatable bonds is 3. The third-order valence-corrected chi connectivity index (χ3v) is 4.96. The second-order valence-corrected chi connectivity index (χ2v) is 6.24. The molecule has 2 heterocycles. The van der Waals surface area contributed by atoms with E-state index < -0.39 is 0 Å². The van der Waals surface area contributed by atoms with Gasteiger partial charge in [0.2, 0.25) is 0 Å². The van der Waals surface area contributed by atoms with Gasteiger partial charge in [-0.05, 0) is 43.5 Å². The molecule has 0 aromatic heterocycles. The maximum Gasteiger partial charge on any atom is 0.0367 e. The number of piperidine rings is 1. The van der Waals surface area contributed by atoms with E-state index in [1.807, 2.05) is 0 Å². The average molecular weight is 273 g/mol. The van der Waals surface area contributed by atoms with Gasteiger partial charge in [-0.15, -0.1) is 0 Å². The number of nitrogens with two attached hydrogens (primary N) is 1. The predicted molar refractivity (Wildman–Crippen MR) is 85.1 cm³/mol. The van der Waals surface area contributed by atoms with E-state index in [-0.39, 0.29) is 6.04 Å². The molecule has 2 fully saturated rings. The molecule has 0 aliphatic carbocycles. The molecule has 1 unspecified atom stereocenters. The van der Waals surface area contributed by atoms with Crippen molar-refractivity contribution in [2.24, 2.45) is 5.73 Å². The van der Waals surface area contributed by atoms with Gasteiger partial charge in [0, 0.05) is 37.4 Å². The van der Waals surface area contributed by atoms with Crippen molar-refractivity contribution in [3.63, 3.8) is 0 Å². The van der Waals surface area contributed by atoms with Gasteiger partial charge in [-0.2, -0.15) is 0 Å². The molecule has 2 saturated heterocycles. The quantitative estimate of drug-likeness (QED) is 0.919. The van der Waals surface area contributed by atoms with Crippen molar-refractivity contribution in [3.05, 3.63) is 29.8 Å². The van der Waals surface area contributed by atoms with Crippen LogP contribution in [0.15, 0.2) is 24.3 Å². The summed E-state index contributed by atoms with van der Waals surface area (Å²) in [6.45, 7) is 7.03. The summed E-state index contributed by atoms with van der Waals surface area (Å²) in [6, 6.07) is 9.87. The summed E-state index contributed by atoms with van der Waals surface area (Å²) in [4.78, 5) is 5.23. The summed E-state index contributed by atoms with van der Waals surface area (Å²) in [6.07, 6.45) is 5.16. The molecule has 1 aromatic rings. The number of piperazine rings is 1. The van der Waals surface area contributed by atoms with Crippen molar-refractivity contribution in [1.82, 2.24) is 4.90 Å². The molecule has 0 spiro atoms. The lowest BCUT2D eigenvalue weighted by Gasteiger charge is -2.45. The first kappa shape index (κ1) is 13.9. The second kappa shape index (κ2) is 6.15. The Bertz CT molecular complexity index is 428. The molecule has 3 heteroatoms. The first-order valence-corrected chi connectivity index (χ1v) is 8.12. The van der Waals surface area contributed by atoms with E-state index in [9.17, 15) is 0 Å². The Labute approximate surface area is 122 Å². The number of hydrogen-bond acceptors (Lipinski definition) is 3. The Morgan fingerprint density at radius 1 is 1.15 bits per heavy atom. The summed E-state index contributed by atoms with van der Waals surface area (Å²) in [5.41, 5.74) is 8.71. The van der Waals surface area contributed by atoms with Gasteiger partial charge >= 0.3 is 0 Å². The third-order valence-electron chi connectivity index (χ3n) is 4.96. The molecule has 0 amide bonds. The van der Waals surface area contributed by atoms with Gasteiger partial charge in [-0.1, -0.05) is 25.5 Å². The van der Waals surface area contributed by atoms with Crippen LogP contribution in [-0.4, -0.2) is 37.1 Å². The Balaban J connectivity index is 1.67. The fraction of sp³-hybridized carbons (Fsp3) is 0.647. The molecule has 3 rings (SSSR count). The van der Waals surface area contributed by atoms with E-state index in [0.717, 1.165) is 19.0 Å². The number of fused-ring (bicyclic) bond motifs is 1. The smallest absolute Gasteiger partial charge is 0.0367 e. The van der Waals surface area contributed by atoms with E-state index in [2.05, 4.69) is 41.0 Å². The van der Waals surface area contributed by atoms with Crippen LogP contribution in [0.1, 0.15) is 44.2 Å². The SMILES string of the molecule is CC[C@H](N)c1ccc(N2CCN3CCCCC3C2)cc1. The molecule has 3 nitrogen and oxygen atoms in total. The van der Waals surface area contributed by atoms with Crippen molar-refractivity contribution in [2.45, 2.75) is 44.7 Å². The standard InChI is InChI=1S/C17H27N3/c1-2-17(18)14-6-8-15(9-7-14)20-12-11-19-10-4-3-5-16(19)13-20/h6-9,16-17H,2-5,10-13,18H2,1H3/t16?,17-/m0/s1. The average Bonchev–Trinajstić information content (AvgIpc) is 2.54. The Hall–Kier alpha value is -1.06. The Morgan fingerprint density at radius 2 is 1.95 bits per heavy atom. The van der Waals surface area contributed by atoms with Gasteiger partial charge in [0.1, 0.15) is 0 Å². The summed E-state index contributed by atoms with van der Waals surface area (Å²) in [7, 11) is 0. The first-order chi connectivity index (χ1) is 9.78. The van der Waals surface area contributed by atoms with Crippen LogP contribution in [0.2, 0.25) is 0 Å². The van der Waals surface area contributed by atoms with Gasteiger partial charge in [0.05, 0.1) is 0 Å². The van der Waals surface area contributed by atoms with Crippen molar-refractivity contribution in [3.8, 4) is 0 Å². The topological polar surface area (TPSA) is 32.5 Å². The van der Waals surface area contributed by atoms with Crippen LogP contribution in [0.5, 0.6) is 0 Å². The van der Waals surface area contributed by atoms with E-state index >= 15 is 0 Å². The second-order valence-electron chi connectivity index (χ2n) is 6.24. The monoisotopic (exact) mass is 273 g/mol. The van der Waals surface area contributed by atoms with Crippen LogP contribution in [0.25, 0.3) is 0 Å². The number of benzene rings is 1. The molecule has 2 atom stereocenters. The third kappa shape index (κ3) is 2.84. The van der Waals surface area contributed by atoms with E-state index in [1.165, 1.54) is 50.1 Å². The van der Waals surface area contributed by atoms with Crippen molar-refractivity contribution < 1.29 is 0 Å². The van der Waals surface area contributed by atoms with Crippen LogP contribution in [0.4, 0.5) is 5.69 Å². The molecule has 20 heavy (non-hydrogen) atoms. The van der Waals surface area contributed by atoms with Crippen LogP contribution in [0.3, 0.4) is 0 Å². The minimum atomic E-state index is 0.180. The molecule has 0 saturated carbocycles. The highest BCUT2D eigenvalue weighted by molar-refractivity contribution is 5.48. The highest BCUT2D eigenvalue weighted by Gasteiger charge is 2.28. The zero-order chi connectivity index (χ0) is 13.9. The first-order valence-electron chi connectivity index (χ1n) is 8.12. The van der Waals surface area contributed by atoms with Gasteiger partial charge in [-0.25, -0.2) is 0 Å². The number of hydrogen-bond donors (Lipinski definition) is 1. The summed E-state index contributed by atoms with van der Waals surface area (Å²) < 4.78 is 0. The Kier molecular flexibility index (Phi) is 4.27. The molecule has 2 aliphatic heterocycles.